The fourth-order valence-electron chi connectivity index (χ4n) is 4.51. The van der Waals surface area contributed by atoms with Gasteiger partial charge in [0, 0.05) is 31.7 Å². The van der Waals surface area contributed by atoms with Crippen LogP contribution in [0.5, 0.6) is 6.01 Å². The number of nitrogens with two attached hydrogens (primary N) is 1. The summed E-state index contributed by atoms with van der Waals surface area (Å²) < 4.78 is 19.2. The highest BCUT2D eigenvalue weighted by molar-refractivity contribution is 6.31. The third-order valence-corrected chi connectivity index (χ3v) is 7.06. The lowest BCUT2D eigenvalue weighted by atomic mass is 9.98. The van der Waals surface area contributed by atoms with Gasteiger partial charge < -0.3 is 20.7 Å². The van der Waals surface area contributed by atoms with Gasteiger partial charge in [0.1, 0.15) is 5.82 Å². The number of aromatic nitrogens is 2. The third kappa shape index (κ3) is 5.47. The van der Waals surface area contributed by atoms with Crippen molar-refractivity contribution in [3.05, 3.63) is 40.7 Å². The van der Waals surface area contributed by atoms with Crippen LogP contribution in [0.2, 0.25) is 5.02 Å². The highest BCUT2D eigenvalue weighted by Crippen LogP contribution is 2.48. The first-order valence-electron chi connectivity index (χ1n) is 12.2. The zero-order chi connectivity index (χ0) is 26.1. The van der Waals surface area contributed by atoms with E-state index in [1.165, 1.54) is 19.2 Å². The number of amides is 1. The molecule has 1 aliphatic carbocycles. The molecule has 2 heterocycles. The normalized spacial score (nSPS) is 16.3. The molecule has 1 aromatic heterocycles. The Hall–Kier alpha value is -3.45. The van der Waals surface area contributed by atoms with Gasteiger partial charge in [-0.1, -0.05) is 17.5 Å². The molecule has 1 saturated heterocycles. The number of methoxy groups -OCH3 is 1. The molecular weight excluding hydrogens is 495 g/mol. The molecule has 37 heavy (non-hydrogen) atoms. The van der Waals surface area contributed by atoms with Crippen molar-refractivity contribution in [1.82, 2.24) is 19.8 Å². The number of fused-ring (bicyclic) bond motifs is 1. The van der Waals surface area contributed by atoms with Gasteiger partial charge in [0.25, 0.3) is 5.91 Å². The summed E-state index contributed by atoms with van der Waals surface area (Å²) in [4.78, 5) is 26.3. The van der Waals surface area contributed by atoms with E-state index in [-0.39, 0.29) is 17.0 Å². The summed E-state index contributed by atoms with van der Waals surface area (Å²) in [6.07, 6.45) is 1.98. The Morgan fingerprint density at radius 2 is 2.00 bits per heavy atom. The number of ether oxygens (including phenoxy) is 1. The number of rotatable bonds is 5. The number of carbonyl (C=O) groups is 1. The van der Waals surface area contributed by atoms with E-state index in [0.717, 1.165) is 44.6 Å². The molecule has 192 valence electrons. The van der Waals surface area contributed by atoms with Crippen LogP contribution in [0, 0.1) is 17.7 Å². The number of carbonyl (C=O) groups excluding carboxylic acids is 1. The smallest absolute Gasteiger partial charge is 0.317 e. The Labute approximate surface area is 219 Å². The maximum absolute atomic E-state index is 13.9. The number of nitrogens with zero attached hydrogens (tertiary/aromatic N) is 4. The van der Waals surface area contributed by atoms with Gasteiger partial charge in [-0.15, -0.1) is 0 Å². The summed E-state index contributed by atoms with van der Waals surface area (Å²) in [7, 11) is 3.57. The first kappa shape index (κ1) is 25.2. The number of anilines is 2. The molecule has 2 aromatic carbocycles. The first-order chi connectivity index (χ1) is 17.8. The van der Waals surface area contributed by atoms with Crippen LogP contribution in [0.3, 0.4) is 0 Å². The molecule has 2 fully saturated rings. The molecule has 3 aromatic rings. The van der Waals surface area contributed by atoms with E-state index in [2.05, 4.69) is 44.0 Å². The zero-order valence-corrected chi connectivity index (χ0v) is 21.5. The van der Waals surface area contributed by atoms with Crippen molar-refractivity contribution >= 4 is 39.8 Å². The molecule has 0 radical (unpaired) electrons. The average molecular weight is 523 g/mol. The summed E-state index contributed by atoms with van der Waals surface area (Å²) >= 11 is 6.06. The van der Waals surface area contributed by atoms with E-state index >= 15 is 0 Å². The lowest BCUT2D eigenvalue weighted by Gasteiger charge is -2.30. The molecule has 8 nitrogen and oxygen atoms in total. The van der Waals surface area contributed by atoms with Crippen molar-refractivity contribution in [2.24, 2.45) is 0 Å². The minimum Gasteiger partial charge on any atom is -0.467 e. The first-order valence-corrected chi connectivity index (χ1v) is 12.6. The van der Waals surface area contributed by atoms with Gasteiger partial charge in [0.05, 0.1) is 46.6 Å². The Bertz CT molecular complexity index is 1420. The molecule has 1 saturated carbocycles. The number of nitrogen functional groups attached to an aromatic ring is 1. The predicted octanol–water partition coefficient (Wildman–Crippen LogP) is 3.75. The van der Waals surface area contributed by atoms with Crippen molar-refractivity contribution in [2.75, 3.05) is 57.9 Å². The third-order valence-electron chi connectivity index (χ3n) is 6.77. The van der Waals surface area contributed by atoms with Gasteiger partial charge >= 0.3 is 6.01 Å². The van der Waals surface area contributed by atoms with Gasteiger partial charge in [-0.25, -0.2) is 4.39 Å². The van der Waals surface area contributed by atoms with E-state index in [1.54, 1.807) is 6.07 Å². The van der Waals surface area contributed by atoms with Crippen molar-refractivity contribution in [1.29, 1.82) is 0 Å². The Balaban J connectivity index is 1.52. The standard InChI is InChI=1S/C27H28ClFN6O2/c1-34-10-12-35(13-11-34)9-3-4-22(36)32-26-18(16-5-6-16)15-21-23(24(26)30)25(33-27(31-21)37-2)17-7-8-20(29)19(28)14-17/h7-8,14-16H,5-6,9-13,30H2,1-2H3,(H,32,36). The molecule has 2 aliphatic rings. The SMILES string of the molecule is COc1nc(-c2ccc(F)c(Cl)c2)c2c(N)c(NC(=O)C#CCN3CCN(C)CC3)c(C3CC3)cc2n1. The molecular formula is C27H28ClFN6O2. The molecule has 10 heteroatoms. The highest BCUT2D eigenvalue weighted by Gasteiger charge is 2.30. The number of hydrogen-bond acceptors (Lipinski definition) is 7. The van der Waals surface area contributed by atoms with Crippen molar-refractivity contribution < 1.29 is 13.9 Å². The average Bonchev–Trinajstić information content (AvgIpc) is 3.73. The van der Waals surface area contributed by atoms with E-state index in [0.29, 0.717) is 40.1 Å². The van der Waals surface area contributed by atoms with Gasteiger partial charge in [0.15, 0.2) is 0 Å². The molecule has 0 atom stereocenters. The lowest BCUT2D eigenvalue weighted by molar-refractivity contribution is -0.111. The summed E-state index contributed by atoms with van der Waals surface area (Å²) in [6, 6.07) is 6.38. The Morgan fingerprint density at radius 1 is 1.24 bits per heavy atom. The number of halogens is 2. The number of piperazine rings is 1. The fourth-order valence-corrected chi connectivity index (χ4v) is 4.69. The quantitative estimate of drug-likeness (QED) is 0.389. The monoisotopic (exact) mass is 522 g/mol. The molecule has 5 rings (SSSR count). The van der Waals surface area contributed by atoms with Gasteiger partial charge in [-0.2, -0.15) is 9.97 Å². The second kappa shape index (κ2) is 10.5. The molecule has 0 unspecified atom stereocenters. The number of nitrogens with one attached hydrogen (secondary N) is 1. The minimum absolute atomic E-state index is 0.0412. The van der Waals surface area contributed by atoms with E-state index in [9.17, 15) is 9.18 Å². The molecule has 3 N–H and O–H groups in total. The van der Waals surface area contributed by atoms with Crippen LogP contribution < -0.4 is 15.8 Å². The van der Waals surface area contributed by atoms with E-state index in [4.69, 9.17) is 22.1 Å². The fraction of sp³-hybridized carbons (Fsp3) is 0.370. The van der Waals surface area contributed by atoms with Crippen molar-refractivity contribution in [2.45, 2.75) is 18.8 Å². The largest absolute Gasteiger partial charge is 0.467 e. The molecule has 0 bridgehead atoms. The predicted molar refractivity (Wildman–Crippen MR) is 143 cm³/mol. The second-order valence-corrected chi connectivity index (χ2v) is 9.85. The highest BCUT2D eigenvalue weighted by atomic mass is 35.5. The maximum atomic E-state index is 13.9. The number of hydrogen-bond donors (Lipinski definition) is 2. The van der Waals surface area contributed by atoms with Crippen LogP contribution in [-0.4, -0.2) is 72.6 Å². The van der Waals surface area contributed by atoms with Crippen LogP contribution in [-0.2, 0) is 4.79 Å². The van der Waals surface area contributed by atoms with Gasteiger partial charge in [0.2, 0.25) is 0 Å². The van der Waals surface area contributed by atoms with E-state index < -0.39 is 11.7 Å². The number of benzene rings is 2. The topological polar surface area (TPSA) is 96.6 Å². The van der Waals surface area contributed by atoms with Crippen molar-refractivity contribution in [3.8, 4) is 29.1 Å². The van der Waals surface area contributed by atoms with Crippen LogP contribution in [0.4, 0.5) is 15.8 Å². The second-order valence-electron chi connectivity index (χ2n) is 9.45. The van der Waals surface area contributed by atoms with Crippen LogP contribution in [0.25, 0.3) is 22.2 Å². The summed E-state index contributed by atoms with van der Waals surface area (Å²) in [5.74, 6) is 5.00. The summed E-state index contributed by atoms with van der Waals surface area (Å²) in [5.41, 5.74) is 9.98. The molecule has 1 aliphatic heterocycles. The number of likely N-dealkylation sites (N-methyl/N-ethyl adjacent to an activating group) is 1. The Morgan fingerprint density at radius 3 is 2.68 bits per heavy atom. The zero-order valence-electron chi connectivity index (χ0n) is 20.8. The Kier molecular flexibility index (Phi) is 7.15. The minimum atomic E-state index is -0.539. The molecule has 0 spiro atoms. The van der Waals surface area contributed by atoms with E-state index in [1.807, 2.05) is 6.07 Å². The van der Waals surface area contributed by atoms with Gasteiger partial charge in [-0.3, -0.25) is 9.69 Å². The van der Waals surface area contributed by atoms with Crippen LogP contribution in [0.1, 0.15) is 24.3 Å². The summed E-state index contributed by atoms with van der Waals surface area (Å²) in [6.45, 7) is 4.36. The van der Waals surface area contributed by atoms with Crippen molar-refractivity contribution in [3.63, 3.8) is 0 Å². The van der Waals surface area contributed by atoms with Crippen LogP contribution in [0.15, 0.2) is 24.3 Å². The van der Waals surface area contributed by atoms with Crippen LogP contribution >= 0.6 is 11.6 Å². The summed E-state index contributed by atoms with van der Waals surface area (Å²) in [5, 5.41) is 3.41. The maximum Gasteiger partial charge on any atom is 0.317 e. The lowest BCUT2D eigenvalue weighted by Crippen LogP contribution is -2.44. The molecule has 1 amide bonds. The van der Waals surface area contributed by atoms with Gasteiger partial charge in [-0.05, 0) is 61.6 Å².